The summed E-state index contributed by atoms with van der Waals surface area (Å²) in [4.78, 5) is 12.6. The number of hydrogen-bond acceptors (Lipinski definition) is 2. The van der Waals surface area contributed by atoms with Crippen LogP contribution < -0.4 is 10.1 Å². The third-order valence-corrected chi connectivity index (χ3v) is 4.23. The van der Waals surface area contributed by atoms with Crippen molar-refractivity contribution in [2.45, 2.75) is 25.3 Å². The number of rotatable bonds is 6. The zero-order valence-electron chi connectivity index (χ0n) is 13.1. The van der Waals surface area contributed by atoms with Crippen LogP contribution in [0.5, 0.6) is 5.75 Å². The van der Waals surface area contributed by atoms with Crippen molar-refractivity contribution in [1.82, 2.24) is 5.32 Å². The molecule has 1 atom stereocenters. The van der Waals surface area contributed by atoms with Crippen LogP contribution in [0.4, 0.5) is 4.39 Å². The number of benzene rings is 2. The van der Waals surface area contributed by atoms with Crippen LogP contribution in [0.1, 0.15) is 29.9 Å². The maximum atomic E-state index is 13.1. The molecule has 0 aliphatic heterocycles. The Bertz CT molecular complexity index is 663. The summed E-state index contributed by atoms with van der Waals surface area (Å²) in [5.41, 5.74) is 1.91. The molecule has 120 valence electrons. The van der Waals surface area contributed by atoms with Crippen LogP contribution in [0.3, 0.4) is 0 Å². The molecule has 23 heavy (non-hydrogen) atoms. The SMILES string of the molecule is COc1ccc(CNC(=O)C(c2ccc(F)cc2)C2CC2)cc1. The molecule has 1 aliphatic rings. The fourth-order valence-corrected chi connectivity index (χ4v) is 2.78. The second kappa shape index (κ2) is 6.82. The van der Waals surface area contributed by atoms with Gasteiger partial charge >= 0.3 is 0 Å². The van der Waals surface area contributed by atoms with E-state index in [2.05, 4.69) is 5.32 Å². The maximum Gasteiger partial charge on any atom is 0.228 e. The molecule has 4 heteroatoms. The standard InChI is InChI=1S/C19H20FNO2/c1-23-17-10-2-13(3-11-17)12-21-19(22)18(14-4-5-14)15-6-8-16(20)9-7-15/h2-3,6-11,14,18H,4-5,12H2,1H3,(H,21,22). The van der Waals surface area contributed by atoms with E-state index in [0.717, 1.165) is 29.7 Å². The van der Waals surface area contributed by atoms with Gasteiger partial charge in [0.25, 0.3) is 0 Å². The molecule has 1 aliphatic carbocycles. The van der Waals surface area contributed by atoms with E-state index in [1.54, 1.807) is 19.2 Å². The van der Waals surface area contributed by atoms with Gasteiger partial charge in [-0.3, -0.25) is 4.79 Å². The number of halogens is 1. The second-order valence-electron chi connectivity index (χ2n) is 5.93. The molecule has 0 saturated heterocycles. The Morgan fingerprint density at radius 1 is 1.17 bits per heavy atom. The molecule has 2 aromatic carbocycles. The van der Waals surface area contributed by atoms with Crippen molar-refractivity contribution in [3.63, 3.8) is 0 Å². The van der Waals surface area contributed by atoms with Gasteiger partial charge in [0.05, 0.1) is 13.0 Å². The lowest BCUT2D eigenvalue weighted by Crippen LogP contribution is -2.30. The molecule has 1 amide bonds. The van der Waals surface area contributed by atoms with Gasteiger partial charge in [0, 0.05) is 6.54 Å². The first-order valence-corrected chi connectivity index (χ1v) is 7.83. The van der Waals surface area contributed by atoms with Gasteiger partial charge < -0.3 is 10.1 Å². The normalized spacial score (nSPS) is 15.0. The van der Waals surface area contributed by atoms with Crippen LogP contribution in [-0.4, -0.2) is 13.0 Å². The molecule has 2 aromatic rings. The molecule has 0 radical (unpaired) electrons. The smallest absolute Gasteiger partial charge is 0.228 e. The molecule has 1 saturated carbocycles. The van der Waals surface area contributed by atoms with E-state index in [-0.39, 0.29) is 17.6 Å². The highest BCUT2D eigenvalue weighted by Gasteiger charge is 2.37. The highest BCUT2D eigenvalue weighted by atomic mass is 19.1. The van der Waals surface area contributed by atoms with Crippen molar-refractivity contribution in [2.24, 2.45) is 5.92 Å². The molecule has 0 spiro atoms. The maximum absolute atomic E-state index is 13.1. The molecular formula is C19H20FNO2. The van der Waals surface area contributed by atoms with Gasteiger partial charge in [0.2, 0.25) is 5.91 Å². The third kappa shape index (κ3) is 3.89. The molecular weight excluding hydrogens is 293 g/mol. The van der Waals surface area contributed by atoms with Crippen LogP contribution in [-0.2, 0) is 11.3 Å². The van der Waals surface area contributed by atoms with E-state index in [4.69, 9.17) is 4.74 Å². The van der Waals surface area contributed by atoms with Crippen molar-refractivity contribution in [1.29, 1.82) is 0 Å². The molecule has 1 fully saturated rings. The lowest BCUT2D eigenvalue weighted by atomic mass is 9.93. The van der Waals surface area contributed by atoms with Crippen LogP contribution in [0, 0.1) is 11.7 Å². The summed E-state index contributed by atoms with van der Waals surface area (Å²) < 4.78 is 18.2. The van der Waals surface area contributed by atoms with E-state index in [1.807, 2.05) is 24.3 Å². The summed E-state index contributed by atoms with van der Waals surface area (Å²) in [5.74, 6) is 0.712. The van der Waals surface area contributed by atoms with Gasteiger partial charge in [-0.25, -0.2) is 4.39 Å². The van der Waals surface area contributed by atoms with E-state index in [0.29, 0.717) is 12.5 Å². The van der Waals surface area contributed by atoms with Gasteiger partial charge in [-0.05, 0) is 54.2 Å². The van der Waals surface area contributed by atoms with Gasteiger partial charge in [-0.2, -0.15) is 0 Å². The molecule has 1 N–H and O–H groups in total. The minimum absolute atomic E-state index is 0.00919. The minimum atomic E-state index is -0.276. The highest BCUT2D eigenvalue weighted by molar-refractivity contribution is 5.84. The Labute approximate surface area is 135 Å². The lowest BCUT2D eigenvalue weighted by Gasteiger charge is -2.17. The Kier molecular flexibility index (Phi) is 4.60. The fraction of sp³-hybridized carbons (Fsp3) is 0.316. The lowest BCUT2D eigenvalue weighted by molar-refractivity contribution is -0.123. The largest absolute Gasteiger partial charge is 0.497 e. The Balaban J connectivity index is 1.65. The zero-order valence-corrected chi connectivity index (χ0v) is 13.1. The first-order valence-electron chi connectivity index (χ1n) is 7.83. The monoisotopic (exact) mass is 313 g/mol. The first kappa shape index (κ1) is 15.5. The number of ether oxygens (including phenoxy) is 1. The van der Waals surface area contributed by atoms with Crippen molar-refractivity contribution in [3.05, 3.63) is 65.5 Å². The number of carbonyl (C=O) groups excluding carboxylic acids is 1. The number of carbonyl (C=O) groups is 1. The van der Waals surface area contributed by atoms with Crippen molar-refractivity contribution in [3.8, 4) is 5.75 Å². The molecule has 3 nitrogen and oxygen atoms in total. The topological polar surface area (TPSA) is 38.3 Å². The molecule has 0 bridgehead atoms. The number of methoxy groups -OCH3 is 1. The summed E-state index contributed by atoms with van der Waals surface area (Å²) in [7, 11) is 1.62. The Hall–Kier alpha value is -2.36. The zero-order chi connectivity index (χ0) is 16.2. The Morgan fingerprint density at radius 3 is 2.39 bits per heavy atom. The van der Waals surface area contributed by atoms with Gasteiger partial charge in [-0.1, -0.05) is 24.3 Å². The van der Waals surface area contributed by atoms with Gasteiger partial charge in [0.1, 0.15) is 11.6 Å². The number of amides is 1. The van der Waals surface area contributed by atoms with Crippen LogP contribution >= 0.6 is 0 Å². The number of nitrogens with one attached hydrogen (secondary N) is 1. The highest BCUT2D eigenvalue weighted by Crippen LogP contribution is 2.42. The number of hydrogen-bond donors (Lipinski definition) is 1. The van der Waals surface area contributed by atoms with Gasteiger partial charge in [0.15, 0.2) is 0 Å². The summed E-state index contributed by atoms with van der Waals surface area (Å²) in [6.45, 7) is 0.479. The van der Waals surface area contributed by atoms with Crippen LogP contribution in [0.25, 0.3) is 0 Å². The molecule has 1 unspecified atom stereocenters. The van der Waals surface area contributed by atoms with Crippen molar-refractivity contribution < 1.29 is 13.9 Å². The van der Waals surface area contributed by atoms with E-state index < -0.39 is 0 Å². The van der Waals surface area contributed by atoms with Crippen LogP contribution in [0.2, 0.25) is 0 Å². The Morgan fingerprint density at radius 2 is 1.83 bits per heavy atom. The van der Waals surface area contributed by atoms with Crippen molar-refractivity contribution in [2.75, 3.05) is 7.11 Å². The van der Waals surface area contributed by atoms with E-state index in [1.165, 1.54) is 12.1 Å². The molecule has 3 rings (SSSR count). The molecule has 0 aromatic heterocycles. The molecule has 0 heterocycles. The van der Waals surface area contributed by atoms with E-state index in [9.17, 15) is 9.18 Å². The fourth-order valence-electron chi connectivity index (χ4n) is 2.78. The average Bonchev–Trinajstić information content (AvgIpc) is 3.40. The minimum Gasteiger partial charge on any atom is -0.497 e. The first-order chi connectivity index (χ1) is 11.2. The summed E-state index contributed by atoms with van der Waals surface area (Å²) in [6.07, 6.45) is 2.11. The summed E-state index contributed by atoms with van der Waals surface area (Å²) >= 11 is 0. The summed E-state index contributed by atoms with van der Waals surface area (Å²) in [6, 6.07) is 13.9. The predicted octanol–water partition coefficient (Wildman–Crippen LogP) is 3.64. The van der Waals surface area contributed by atoms with Crippen LogP contribution in [0.15, 0.2) is 48.5 Å². The van der Waals surface area contributed by atoms with Crippen molar-refractivity contribution >= 4 is 5.91 Å². The second-order valence-corrected chi connectivity index (χ2v) is 5.93. The van der Waals surface area contributed by atoms with Gasteiger partial charge in [-0.15, -0.1) is 0 Å². The summed E-state index contributed by atoms with van der Waals surface area (Å²) in [5, 5.41) is 3.00. The third-order valence-electron chi connectivity index (χ3n) is 4.23. The van der Waals surface area contributed by atoms with E-state index >= 15 is 0 Å². The average molecular weight is 313 g/mol. The quantitative estimate of drug-likeness (QED) is 0.884. The predicted molar refractivity (Wildman–Crippen MR) is 86.7 cm³/mol.